The molecule has 84 valence electrons. The first-order chi connectivity index (χ1) is 7.08. The molecule has 0 aliphatic heterocycles. The van der Waals surface area contributed by atoms with Crippen molar-refractivity contribution < 1.29 is 9.47 Å². The standard InChI is InChI=1S/C11H16BrNO2/c1-7(13)4-8-5-9(12)11(15-3)6-10(8)14-2/h5-7H,4,13H2,1-3H3/t7-/m0/s1. The Balaban J connectivity index is 3.09. The minimum atomic E-state index is 0.110. The van der Waals surface area contributed by atoms with Crippen molar-refractivity contribution in [2.75, 3.05) is 14.2 Å². The molecule has 0 aliphatic rings. The van der Waals surface area contributed by atoms with E-state index < -0.39 is 0 Å². The van der Waals surface area contributed by atoms with E-state index in [4.69, 9.17) is 15.2 Å². The summed E-state index contributed by atoms with van der Waals surface area (Å²) in [7, 11) is 3.28. The van der Waals surface area contributed by atoms with E-state index >= 15 is 0 Å². The molecule has 0 heterocycles. The summed E-state index contributed by atoms with van der Waals surface area (Å²) in [6, 6.07) is 3.96. The van der Waals surface area contributed by atoms with Crippen LogP contribution in [0.3, 0.4) is 0 Å². The van der Waals surface area contributed by atoms with Crippen LogP contribution in [0.2, 0.25) is 0 Å². The Morgan fingerprint density at radius 1 is 1.27 bits per heavy atom. The molecule has 0 saturated heterocycles. The Labute approximate surface area is 98.7 Å². The van der Waals surface area contributed by atoms with E-state index in [-0.39, 0.29) is 6.04 Å². The van der Waals surface area contributed by atoms with Crippen LogP contribution in [0.1, 0.15) is 12.5 Å². The molecular weight excluding hydrogens is 258 g/mol. The Hall–Kier alpha value is -0.740. The number of rotatable bonds is 4. The molecule has 1 aromatic carbocycles. The van der Waals surface area contributed by atoms with E-state index in [1.54, 1.807) is 14.2 Å². The zero-order valence-corrected chi connectivity index (χ0v) is 10.8. The maximum Gasteiger partial charge on any atom is 0.136 e. The van der Waals surface area contributed by atoms with Gasteiger partial charge in [-0.25, -0.2) is 0 Å². The molecule has 2 N–H and O–H groups in total. The quantitative estimate of drug-likeness (QED) is 0.916. The number of benzene rings is 1. The van der Waals surface area contributed by atoms with Crippen molar-refractivity contribution in [1.29, 1.82) is 0 Å². The lowest BCUT2D eigenvalue weighted by Crippen LogP contribution is -2.18. The summed E-state index contributed by atoms with van der Waals surface area (Å²) in [4.78, 5) is 0. The van der Waals surface area contributed by atoms with Crippen molar-refractivity contribution in [3.8, 4) is 11.5 Å². The van der Waals surface area contributed by atoms with Crippen LogP contribution in [0, 0.1) is 0 Å². The second-order valence-corrected chi connectivity index (χ2v) is 4.33. The molecule has 0 saturated carbocycles. The molecular formula is C11H16BrNO2. The Morgan fingerprint density at radius 3 is 2.33 bits per heavy atom. The highest BCUT2D eigenvalue weighted by atomic mass is 79.9. The molecule has 0 aromatic heterocycles. The first kappa shape index (κ1) is 12.3. The number of methoxy groups -OCH3 is 2. The molecule has 0 fully saturated rings. The highest BCUT2D eigenvalue weighted by molar-refractivity contribution is 9.10. The number of hydrogen-bond acceptors (Lipinski definition) is 3. The lowest BCUT2D eigenvalue weighted by atomic mass is 10.1. The average Bonchev–Trinajstić information content (AvgIpc) is 2.17. The zero-order chi connectivity index (χ0) is 11.4. The molecule has 3 nitrogen and oxygen atoms in total. The fraction of sp³-hybridized carbons (Fsp3) is 0.455. The van der Waals surface area contributed by atoms with Gasteiger partial charge in [-0.1, -0.05) is 0 Å². The molecule has 1 rings (SSSR count). The van der Waals surface area contributed by atoms with Crippen molar-refractivity contribution in [2.24, 2.45) is 5.73 Å². The molecule has 1 atom stereocenters. The Morgan fingerprint density at radius 2 is 1.87 bits per heavy atom. The van der Waals surface area contributed by atoms with Crippen LogP contribution in [-0.2, 0) is 6.42 Å². The molecule has 4 heteroatoms. The predicted molar refractivity (Wildman–Crippen MR) is 64.6 cm³/mol. The van der Waals surface area contributed by atoms with Crippen LogP contribution < -0.4 is 15.2 Å². The Kier molecular flexibility index (Phi) is 4.42. The van der Waals surface area contributed by atoms with Gasteiger partial charge in [0.15, 0.2) is 0 Å². The fourth-order valence-electron chi connectivity index (χ4n) is 1.43. The summed E-state index contributed by atoms with van der Waals surface area (Å²) in [6.45, 7) is 1.97. The highest BCUT2D eigenvalue weighted by Gasteiger charge is 2.10. The average molecular weight is 274 g/mol. The summed E-state index contributed by atoms with van der Waals surface area (Å²) in [6.07, 6.45) is 0.783. The Bertz CT molecular complexity index is 340. The van der Waals surface area contributed by atoms with E-state index in [2.05, 4.69) is 15.9 Å². The van der Waals surface area contributed by atoms with Gasteiger partial charge in [-0.3, -0.25) is 0 Å². The third-order valence-corrected chi connectivity index (χ3v) is 2.72. The molecule has 0 radical (unpaired) electrons. The second kappa shape index (κ2) is 5.37. The van der Waals surface area contributed by atoms with Gasteiger partial charge >= 0.3 is 0 Å². The molecule has 15 heavy (non-hydrogen) atoms. The van der Waals surface area contributed by atoms with E-state index in [0.717, 1.165) is 28.0 Å². The van der Waals surface area contributed by atoms with Crippen LogP contribution in [0.15, 0.2) is 16.6 Å². The third-order valence-electron chi connectivity index (χ3n) is 2.10. The van der Waals surface area contributed by atoms with Crippen molar-refractivity contribution in [1.82, 2.24) is 0 Å². The number of hydrogen-bond donors (Lipinski definition) is 1. The van der Waals surface area contributed by atoms with Crippen LogP contribution in [0.25, 0.3) is 0 Å². The molecule has 0 aliphatic carbocycles. The summed E-state index contributed by atoms with van der Waals surface area (Å²) >= 11 is 3.44. The van der Waals surface area contributed by atoms with Crippen LogP contribution in [0.4, 0.5) is 0 Å². The van der Waals surface area contributed by atoms with Crippen molar-refractivity contribution in [2.45, 2.75) is 19.4 Å². The van der Waals surface area contributed by atoms with Gasteiger partial charge in [-0.15, -0.1) is 0 Å². The minimum absolute atomic E-state index is 0.110. The van der Waals surface area contributed by atoms with E-state index in [1.807, 2.05) is 19.1 Å². The first-order valence-electron chi connectivity index (χ1n) is 4.74. The van der Waals surface area contributed by atoms with E-state index in [1.165, 1.54) is 0 Å². The fourth-order valence-corrected chi connectivity index (χ4v) is 1.98. The summed E-state index contributed by atoms with van der Waals surface area (Å²) < 4.78 is 11.4. The summed E-state index contributed by atoms with van der Waals surface area (Å²) in [5, 5.41) is 0. The number of nitrogens with two attached hydrogens (primary N) is 1. The highest BCUT2D eigenvalue weighted by Crippen LogP contribution is 2.33. The van der Waals surface area contributed by atoms with Crippen LogP contribution in [-0.4, -0.2) is 20.3 Å². The number of halogens is 1. The second-order valence-electron chi connectivity index (χ2n) is 3.48. The minimum Gasteiger partial charge on any atom is -0.496 e. The van der Waals surface area contributed by atoms with Gasteiger partial charge in [0, 0.05) is 12.1 Å². The van der Waals surface area contributed by atoms with Gasteiger partial charge < -0.3 is 15.2 Å². The normalized spacial score (nSPS) is 12.3. The topological polar surface area (TPSA) is 44.5 Å². The zero-order valence-electron chi connectivity index (χ0n) is 9.21. The van der Waals surface area contributed by atoms with Crippen molar-refractivity contribution in [3.05, 3.63) is 22.2 Å². The predicted octanol–water partition coefficient (Wildman–Crippen LogP) is 2.36. The third kappa shape index (κ3) is 3.11. The van der Waals surface area contributed by atoms with Crippen LogP contribution >= 0.6 is 15.9 Å². The van der Waals surface area contributed by atoms with Gasteiger partial charge in [0.1, 0.15) is 11.5 Å². The number of ether oxygens (including phenoxy) is 2. The summed E-state index contributed by atoms with van der Waals surface area (Å²) in [5.41, 5.74) is 6.85. The van der Waals surface area contributed by atoms with Crippen LogP contribution in [0.5, 0.6) is 11.5 Å². The lowest BCUT2D eigenvalue weighted by molar-refractivity contribution is 0.388. The maximum atomic E-state index is 5.77. The summed E-state index contributed by atoms with van der Waals surface area (Å²) in [5.74, 6) is 1.58. The molecule has 0 spiro atoms. The lowest BCUT2D eigenvalue weighted by Gasteiger charge is -2.13. The monoisotopic (exact) mass is 273 g/mol. The molecule has 0 bridgehead atoms. The SMILES string of the molecule is COc1cc(OC)c(C[C@H](C)N)cc1Br. The smallest absolute Gasteiger partial charge is 0.136 e. The van der Waals surface area contributed by atoms with Gasteiger partial charge in [0.05, 0.1) is 18.7 Å². The van der Waals surface area contributed by atoms with Gasteiger partial charge in [0.2, 0.25) is 0 Å². The van der Waals surface area contributed by atoms with Crippen molar-refractivity contribution >= 4 is 15.9 Å². The maximum absolute atomic E-state index is 5.77. The molecule has 0 amide bonds. The van der Waals surface area contributed by atoms with Gasteiger partial charge in [-0.2, -0.15) is 0 Å². The largest absolute Gasteiger partial charge is 0.496 e. The van der Waals surface area contributed by atoms with Gasteiger partial charge in [0.25, 0.3) is 0 Å². The van der Waals surface area contributed by atoms with Gasteiger partial charge in [-0.05, 0) is 40.9 Å². The van der Waals surface area contributed by atoms with E-state index in [9.17, 15) is 0 Å². The van der Waals surface area contributed by atoms with E-state index in [0.29, 0.717) is 0 Å². The molecule has 0 unspecified atom stereocenters. The van der Waals surface area contributed by atoms with Crippen molar-refractivity contribution in [3.63, 3.8) is 0 Å². The first-order valence-corrected chi connectivity index (χ1v) is 5.53. The molecule has 1 aromatic rings.